The second-order valence-electron chi connectivity index (χ2n) is 7.65. The van der Waals surface area contributed by atoms with Crippen LogP contribution in [-0.2, 0) is 13.6 Å². The molecule has 1 unspecified atom stereocenters. The quantitative estimate of drug-likeness (QED) is 0.894. The monoisotopic (exact) mass is 369 g/mol. The third-order valence-electron chi connectivity index (χ3n) is 5.75. The molecule has 27 heavy (non-hydrogen) atoms. The average Bonchev–Trinajstić information content (AvgIpc) is 3.33. The minimum Gasteiger partial charge on any atom is -0.508 e. The molecule has 1 aromatic carbocycles. The van der Waals surface area contributed by atoms with E-state index in [1.54, 1.807) is 24.3 Å². The molecular formula is C20H27N5O2. The van der Waals surface area contributed by atoms with Crippen LogP contribution >= 0.6 is 0 Å². The van der Waals surface area contributed by atoms with E-state index in [2.05, 4.69) is 19.7 Å². The summed E-state index contributed by atoms with van der Waals surface area (Å²) in [5.41, 5.74) is 0.612. The van der Waals surface area contributed by atoms with Crippen molar-refractivity contribution in [1.29, 1.82) is 0 Å². The van der Waals surface area contributed by atoms with Crippen LogP contribution in [0.3, 0.4) is 0 Å². The Morgan fingerprint density at radius 1 is 1.11 bits per heavy atom. The number of aromatic nitrogens is 3. The summed E-state index contributed by atoms with van der Waals surface area (Å²) in [6.45, 7) is 4.55. The molecule has 1 N–H and O–H groups in total. The van der Waals surface area contributed by atoms with Gasteiger partial charge in [-0.25, -0.2) is 0 Å². The van der Waals surface area contributed by atoms with Gasteiger partial charge in [0.15, 0.2) is 0 Å². The highest BCUT2D eigenvalue weighted by molar-refractivity contribution is 5.94. The number of nitrogens with zero attached hydrogens (tertiary/aromatic N) is 5. The number of carbonyl (C=O) groups is 1. The Kier molecular flexibility index (Phi) is 5.11. The standard InChI is InChI=1S/C20H27N5O2/c1-23-18(14-24-10-2-3-11-24)21-22-19(23)16-5-4-12-25(13-16)20(27)15-6-8-17(26)9-7-15/h6-9,16,26H,2-5,10-14H2,1H3. The van der Waals surface area contributed by atoms with Gasteiger partial charge in [-0.2, -0.15) is 0 Å². The Morgan fingerprint density at radius 2 is 1.85 bits per heavy atom. The summed E-state index contributed by atoms with van der Waals surface area (Å²) < 4.78 is 2.12. The molecule has 1 aromatic heterocycles. The minimum atomic E-state index is 0.0131. The molecule has 2 aliphatic heterocycles. The number of phenols is 1. The predicted octanol–water partition coefficient (Wildman–Crippen LogP) is 2.14. The van der Waals surface area contributed by atoms with Crippen molar-refractivity contribution in [3.63, 3.8) is 0 Å². The topological polar surface area (TPSA) is 74.5 Å². The van der Waals surface area contributed by atoms with Crippen LogP contribution in [0.15, 0.2) is 24.3 Å². The third kappa shape index (κ3) is 3.83. The second kappa shape index (κ2) is 7.68. The number of amides is 1. The molecule has 1 amide bonds. The van der Waals surface area contributed by atoms with Gasteiger partial charge in [0.05, 0.1) is 6.54 Å². The largest absolute Gasteiger partial charge is 0.508 e. The lowest BCUT2D eigenvalue weighted by Gasteiger charge is -2.32. The molecule has 144 valence electrons. The average molecular weight is 369 g/mol. The first-order valence-corrected chi connectivity index (χ1v) is 9.80. The molecule has 4 rings (SSSR count). The molecule has 2 aliphatic rings. The van der Waals surface area contributed by atoms with Crippen molar-refractivity contribution < 1.29 is 9.90 Å². The Balaban J connectivity index is 1.45. The van der Waals surface area contributed by atoms with Gasteiger partial charge in [-0.3, -0.25) is 9.69 Å². The number of rotatable bonds is 4. The zero-order valence-electron chi connectivity index (χ0n) is 15.8. The van der Waals surface area contributed by atoms with Crippen molar-refractivity contribution in [3.05, 3.63) is 41.5 Å². The zero-order valence-corrected chi connectivity index (χ0v) is 15.8. The van der Waals surface area contributed by atoms with Gasteiger partial charge in [-0.1, -0.05) is 0 Å². The molecule has 0 aliphatic carbocycles. The normalized spacial score (nSPS) is 20.9. The molecule has 0 bridgehead atoms. The number of carbonyl (C=O) groups excluding carboxylic acids is 1. The highest BCUT2D eigenvalue weighted by atomic mass is 16.3. The van der Waals surface area contributed by atoms with Crippen LogP contribution < -0.4 is 0 Å². The van der Waals surface area contributed by atoms with Gasteiger partial charge in [0.2, 0.25) is 0 Å². The van der Waals surface area contributed by atoms with E-state index in [1.165, 1.54) is 12.8 Å². The number of phenolic OH excluding ortho intramolecular Hbond substituents is 1. The third-order valence-corrected chi connectivity index (χ3v) is 5.75. The summed E-state index contributed by atoms with van der Waals surface area (Å²) in [6, 6.07) is 6.47. The number of benzene rings is 1. The van der Waals surface area contributed by atoms with Crippen LogP contribution in [0, 0.1) is 0 Å². The summed E-state index contributed by atoms with van der Waals surface area (Å²) >= 11 is 0. The fraction of sp³-hybridized carbons (Fsp3) is 0.550. The Labute approximate surface area is 159 Å². The SMILES string of the molecule is Cn1c(CN2CCCC2)nnc1C1CCCN(C(=O)c2ccc(O)cc2)C1. The fourth-order valence-corrected chi connectivity index (χ4v) is 4.17. The molecule has 0 saturated carbocycles. The lowest BCUT2D eigenvalue weighted by molar-refractivity contribution is 0.0703. The maximum atomic E-state index is 12.8. The zero-order chi connectivity index (χ0) is 18.8. The van der Waals surface area contributed by atoms with E-state index < -0.39 is 0 Å². The van der Waals surface area contributed by atoms with E-state index in [-0.39, 0.29) is 17.6 Å². The van der Waals surface area contributed by atoms with Gasteiger partial charge < -0.3 is 14.6 Å². The molecule has 3 heterocycles. The first kappa shape index (κ1) is 18.0. The number of likely N-dealkylation sites (tertiary alicyclic amines) is 2. The van der Waals surface area contributed by atoms with Crippen molar-refractivity contribution in [2.75, 3.05) is 26.2 Å². The number of piperidine rings is 1. The van der Waals surface area contributed by atoms with Crippen molar-refractivity contribution >= 4 is 5.91 Å². The van der Waals surface area contributed by atoms with Crippen LogP contribution in [0.5, 0.6) is 5.75 Å². The number of hydrogen-bond acceptors (Lipinski definition) is 5. The number of hydrogen-bond donors (Lipinski definition) is 1. The Bertz CT molecular complexity index is 795. The van der Waals surface area contributed by atoms with Crippen molar-refractivity contribution in [2.24, 2.45) is 7.05 Å². The molecule has 2 saturated heterocycles. The molecular weight excluding hydrogens is 342 g/mol. The molecule has 2 aromatic rings. The van der Waals surface area contributed by atoms with Crippen LogP contribution in [-0.4, -0.2) is 61.8 Å². The highest BCUT2D eigenvalue weighted by Crippen LogP contribution is 2.27. The molecule has 1 atom stereocenters. The van der Waals surface area contributed by atoms with Crippen LogP contribution in [0.1, 0.15) is 53.6 Å². The summed E-state index contributed by atoms with van der Waals surface area (Å²) in [5, 5.41) is 18.3. The van der Waals surface area contributed by atoms with E-state index in [9.17, 15) is 9.90 Å². The maximum absolute atomic E-state index is 12.8. The van der Waals surface area contributed by atoms with Crippen LogP contribution in [0.25, 0.3) is 0 Å². The lowest BCUT2D eigenvalue weighted by atomic mass is 9.96. The van der Waals surface area contributed by atoms with Crippen LogP contribution in [0.4, 0.5) is 0 Å². The Morgan fingerprint density at radius 3 is 2.59 bits per heavy atom. The van der Waals surface area contributed by atoms with E-state index in [1.807, 2.05) is 11.9 Å². The summed E-state index contributed by atoms with van der Waals surface area (Å²) in [7, 11) is 2.04. The van der Waals surface area contributed by atoms with Crippen molar-refractivity contribution in [3.8, 4) is 5.75 Å². The van der Waals surface area contributed by atoms with Gasteiger partial charge in [-0.15, -0.1) is 10.2 Å². The van der Waals surface area contributed by atoms with Crippen molar-refractivity contribution in [2.45, 2.75) is 38.1 Å². The van der Waals surface area contributed by atoms with Gasteiger partial charge in [-0.05, 0) is 63.0 Å². The van der Waals surface area contributed by atoms with E-state index in [0.29, 0.717) is 12.1 Å². The second-order valence-corrected chi connectivity index (χ2v) is 7.65. The van der Waals surface area contributed by atoms with Gasteiger partial charge in [0.25, 0.3) is 5.91 Å². The van der Waals surface area contributed by atoms with Crippen molar-refractivity contribution in [1.82, 2.24) is 24.6 Å². The lowest BCUT2D eigenvalue weighted by Crippen LogP contribution is -2.39. The molecule has 2 fully saturated rings. The molecule has 7 heteroatoms. The maximum Gasteiger partial charge on any atom is 0.253 e. The highest BCUT2D eigenvalue weighted by Gasteiger charge is 2.29. The summed E-state index contributed by atoms with van der Waals surface area (Å²) in [5.74, 6) is 2.39. The predicted molar refractivity (Wildman–Crippen MR) is 101 cm³/mol. The molecule has 7 nitrogen and oxygen atoms in total. The summed E-state index contributed by atoms with van der Waals surface area (Å²) in [4.78, 5) is 17.1. The fourth-order valence-electron chi connectivity index (χ4n) is 4.17. The van der Waals surface area contributed by atoms with Gasteiger partial charge in [0.1, 0.15) is 17.4 Å². The smallest absolute Gasteiger partial charge is 0.253 e. The Hall–Kier alpha value is -2.41. The van der Waals surface area contributed by atoms with E-state index in [4.69, 9.17) is 0 Å². The summed E-state index contributed by atoms with van der Waals surface area (Å²) in [6.07, 6.45) is 4.52. The van der Waals surface area contributed by atoms with Crippen LogP contribution in [0.2, 0.25) is 0 Å². The van der Waals surface area contributed by atoms with E-state index >= 15 is 0 Å². The first-order valence-electron chi connectivity index (χ1n) is 9.80. The minimum absolute atomic E-state index is 0.0131. The van der Waals surface area contributed by atoms with Gasteiger partial charge in [0, 0.05) is 31.6 Å². The first-order chi connectivity index (χ1) is 13.1. The van der Waals surface area contributed by atoms with E-state index in [0.717, 1.165) is 50.7 Å². The molecule has 0 radical (unpaired) electrons. The number of aromatic hydroxyl groups is 1. The molecule has 0 spiro atoms. The van der Waals surface area contributed by atoms with Gasteiger partial charge >= 0.3 is 0 Å².